The van der Waals surface area contributed by atoms with Gasteiger partial charge in [0.15, 0.2) is 8.07 Å². The van der Waals surface area contributed by atoms with E-state index in [4.69, 9.17) is 4.98 Å². The first-order valence-electron chi connectivity index (χ1n) is 19.0. The first-order valence-corrected chi connectivity index (χ1v) is 28.6. The lowest BCUT2D eigenvalue weighted by molar-refractivity contribution is 0.711. The van der Waals surface area contributed by atoms with Gasteiger partial charge in [0.05, 0.1) is 13.8 Å². The van der Waals surface area contributed by atoms with Crippen LogP contribution in [-0.2, 0) is 5.04 Å². The molecule has 0 unspecified atom stereocenters. The number of fused-ring (bicyclic) bond motifs is 4. The first kappa shape index (κ1) is 35.5. The summed E-state index contributed by atoms with van der Waals surface area (Å²) in [6, 6.07) is 60.2. The van der Waals surface area contributed by atoms with Gasteiger partial charge in [0, 0.05) is 31.3 Å². The number of rotatable bonds is 5. The van der Waals surface area contributed by atoms with Gasteiger partial charge in [-0.3, -0.25) is 4.98 Å². The summed E-state index contributed by atoms with van der Waals surface area (Å²) in [6.45, 7) is 15.2. The molecule has 0 saturated heterocycles. The molecule has 2 aliphatic rings. The number of nitrogens with zero attached hydrogens (tertiary/aromatic N) is 1. The molecule has 6 heteroatoms. The highest BCUT2D eigenvalue weighted by atomic mass is 32.2. The standard InChI is InChI=1S/C48H45NS2Si3/c1-48(2)38-24-18-30-45(47(38)51-41-26-14-16-28-43(41)53(48,5)6)54(34-19-9-7-10-20-34,35-21-11-8-12-22-35)36-31-32-49-39(33-36)37-23-17-29-44-46(37)50-40-25-13-15-27-42(40)52(44,3)4/h7-33H,1-6H3. The zero-order chi connectivity index (χ0) is 37.3. The van der Waals surface area contributed by atoms with Gasteiger partial charge >= 0.3 is 0 Å². The van der Waals surface area contributed by atoms with E-state index in [-0.39, 0.29) is 5.04 Å². The molecular formula is C48H45NS2Si3. The number of aromatic nitrogens is 1. The highest BCUT2D eigenvalue weighted by Gasteiger charge is 2.50. The van der Waals surface area contributed by atoms with E-state index in [1.165, 1.54) is 61.8 Å². The summed E-state index contributed by atoms with van der Waals surface area (Å²) in [6.07, 6.45) is 2.09. The third kappa shape index (κ3) is 5.29. The lowest BCUT2D eigenvalue weighted by Gasteiger charge is -2.42. The van der Waals surface area contributed by atoms with Gasteiger partial charge in [0.1, 0.15) is 8.07 Å². The van der Waals surface area contributed by atoms with E-state index in [0.717, 1.165) is 5.69 Å². The Balaban J connectivity index is 1.35. The normalized spacial score (nSPS) is 16.3. The second-order valence-electron chi connectivity index (χ2n) is 16.3. The molecule has 266 valence electrons. The SMILES string of the molecule is CC1(C)c2cccc([Si](c3ccccc3)(c3ccccc3)c3ccnc(-c4cccc5c4Sc4ccccc4[Si]5(C)C)c3)c2Sc2ccccc2[Si]1(C)C. The van der Waals surface area contributed by atoms with Gasteiger partial charge < -0.3 is 0 Å². The molecule has 0 atom stereocenters. The van der Waals surface area contributed by atoms with Crippen LogP contribution >= 0.6 is 23.5 Å². The average Bonchev–Trinajstić information content (AvgIpc) is 3.26. The number of hydrogen-bond acceptors (Lipinski definition) is 3. The topological polar surface area (TPSA) is 12.9 Å². The molecule has 2 aliphatic heterocycles. The first-order chi connectivity index (χ1) is 26.1. The molecule has 0 bridgehead atoms. The molecule has 0 spiro atoms. The summed E-state index contributed by atoms with van der Waals surface area (Å²) in [4.78, 5) is 10.8. The van der Waals surface area contributed by atoms with Crippen molar-refractivity contribution in [3.05, 3.63) is 169 Å². The number of pyridine rings is 1. The summed E-state index contributed by atoms with van der Waals surface area (Å²) < 4.78 is 0. The molecule has 1 aromatic heterocycles. The third-order valence-corrected chi connectivity index (χ3v) is 29.5. The van der Waals surface area contributed by atoms with Crippen LogP contribution in [0.15, 0.2) is 184 Å². The van der Waals surface area contributed by atoms with Crippen LogP contribution in [-0.4, -0.2) is 29.2 Å². The summed E-state index contributed by atoms with van der Waals surface area (Å²) in [7, 11) is -6.86. The molecule has 7 aromatic rings. The van der Waals surface area contributed by atoms with E-state index >= 15 is 0 Å². The van der Waals surface area contributed by atoms with Gasteiger partial charge in [-0.05, 0) is 71.2 Å². The lowest BCUT2D eigenvalue weighted by Crippen LogP contribution is -2.75. The van der Waals surface area contributed by atoms with Crippen LogP contribution in [0.5, 0.6) is 0 Å². The zero-order valence-corrected chi connectivity index (χ0v) is 36.5. The quantitative estimate of drug-likeness (QED) is 0.129. The Bertz CT molecular complexity index is 2510. The van der Waals surface area contributed by atoms with Crippen LogP contribution in [0.3, 0.4) is 0 Å². The second kappa shape index (κ2) is 13.2. The van der Waals surface area contributed by atoms with E-state index < -0.39 is 24.2 Å². The largest absolute Gasteiger partial charge is 0.256 e. The van der Waals surface area contributed by atoms with Crippen molar-refractivity contribution in [1.82, 2.24) is 4.98 Å². The van der Waals surface area contributed by atoms with Crippen molar-refractivity contribution in [3.8, 4) is 11.3 Å². The Kier molecular flexibility index (Phi) is 8.71. The van der Waals surface area contributed by atoms with Crippen LogP contribution < -0.4 is 36.3 Å². The van der Waals surface area contributed by atoms with Crippen molar-refractivity contribution < 1.29 is 0 Å². The van der Waals surface area contributed by atoms with Gasteiger partial charge in [-0.15, -0.1) is 0 Å². The van der Waals surface area contributed by atoms with Gasteiger partial charge in [0.25, 0.3) is 0 Å². The average molecular weight is 784 g/mol. The Morgan fingerprint density at radius 3 is 1.76 bits per heavy atom. The molecule has 0 aliphatic carbocycles. The predicted octanol–water partition coefficient (Wildman–Crippen LogP) is 8.31. The maximum atomic E-state index is 5.22. The molecule has 9 rings (SSSR count). The lowest BCUT2D eigenvalue weighted by atomic mass is 10.0. The minimum atomic E-state index is -2.96. The van der Waals surface area contributed by atoms with Crippen molar-refractivity contribution in [1.29, 1.82) is 0 Å². The van der Waals surface area contributed by atoms with E-state index in [1.807, 2.05) is 23.5 Å². The third-order valence-electron chi connectivity index (χ3n) is 12.8. The monoisotopic (exact) mass is 783 g/mol. The molecule has 6 aromatic carbocycles. The maximum Gasteiger partial charge on any atom is 0.180 e. The molecule has 0 N–H and O–H groups in total. The van der Waals surface area contributed by atoms with Crippen molar-refractivity contribution in [2.45, 2.75) is 64.7 Å². The Morgan fingerprint density at radius 1 is 0.519 bits per heavy atom. The van der Waals surface area contributed by atoms with Crippen molar-refractivity contribution in [2.75, 3.05) is 0 Å². The smallest absolute Gasteiger partial charge is 0.180 e. The van der Waals surface area contributed by atoms with Crippen molar-refractivity contribution in [3.63, 3.8) is 0 Å². The van der Waals surface area contributed by atoms with E-state index in [9.17, 15) is 0 Å². The van der Waals surface area contributed by atoms with Crippen LogP contribution in [0.2, 0.25) is 26.2 Å². The van der Waals surface area contributed by atoms with Gasteiger partial charge in [-0.1, -0.05) is 197 Å². The minimum absolute atomic E-state index is 0.00216. The fourth-order valence-electron chi connectivity index (χ4n) is 9.11. The Hall–Kier alpha value is -4.18. The number of benzene rings is 6. The predicted molar refractivity (Wildman–Crippen MR) is 241 cm³/mol. The molecule has 0 amide bonds. The highest BCUT2D eigenvalue weighted by molar-refractivity contribution is 8.00. The van der Waals surface area contributed by atoms with E-state index in [2.05, 4.69) is 204 Å². The van der Waals surface area contributed by atoms with Crippen LogP contribution in [0.4, 0.5) is 0 Å². The van der Waals surface area contributed by atoms with Gasteiger partial charge in [-0.2, -0.15) is 0 Å². The van der Waals surface area contributed by atoms with Crippen LogP contribution in [0, 0.1) is 0 Å². The maximum absolute atomic E-state index is 5.22. The van der Waals surface area contributed by atoms with Crippen LogP contribution in [0.25, 0.3) is 11.3 Å². The summed E-state index contributed by atoms with van der Waals surface area (Å²) in [5, 5.41) is 10.2. The fourth-order valence-corrected chi connectivity index (χ4v) is 25.0. The summed E-state index contributed by atoms with van der Waals surface area (Å²) in [5.74, 6) is 0. The molecule has 3 heterocycles. The van der Waals surface area contributed by atoms with E-state index in [0.29, 0.717) is 0 Å². The summed E-state index contributed by atoms with van der Waals surface area (Å²) >= 11 is 3.94. The van der Waals surface area contributed by atoms with Crippen molar-refractivity contribution >= 4 is 84.1 Å². The number of hydrogen-bond donors (Lipinski definition) is 0. The molecule has 0 radical (unpaired) electrons. The Labute approximate surface area is 332 Å². The molecule has 0 fully saturated rings. The summed E-state index contributed by atoms with van der Waals surface area (Å²) in [5.41, 5.74) is 3.77. The highest BCUT2D eigenvalue weighted by Crippen LogP contribution is 2.45. The minimum Gasteiger partial charge on any atom is -0.256 e. The van der Waals surface area contributed by atoms with Crippen LogP contribution in [0.1, 0.15) is 19.4 Å². The molecular weight excluding hydrogens is 739 g/mol. The molecule has 1 nitrogen and oxygen atoms in total. The second-order valence-corrected chi connectivity index (χ2v) is 31.6. The van der Waals surface area contributed by atoms with Gasteiger partial charge in [0.2, 0.25) is 0 Å². The molecule has 0 saturated carbocycles. The van der Waals surface area contributed by atoms with Crippen molar-refractivity contribution in [2.24, 2.45) is 0 Å². The fraction of sp³-hybridized carbons (Fsp3) is 0.146. The van der Waals surface area contributed by atoms with Gasteiger partial charge in [-0.25, -0.2) is 0 Å². The molecule has 54 heavy (non-hydrogen) atoms. The zero-order valence-electron chi connectivity index (χ0n) is 31.9. The van der Waals surface area contributed by atoms with E-state index in [1.54, 1.807) is 5.19 Å². The Morgan fingerprint density at radius 2 is 1.07 bits per heavy atom.